The monoisotopic (exact) mass is 674 g/mol. The summed E-state index contributed by atoms with van der Waals surface area (Å²) < 4.78 is 36.0. The number of carbonyl (C=O) groups excluding carboxylic acids is 4. The maximum atomic E-state index is 13.8. The van der Waals surface area contributed by atoms with Gasteiger partial charge in [-0.25, -0.2) is 0 Å². The van der Waals surface area contributed by atoms with Crippen molar-refractivity contribution >= 4 is 23.9 Å². The van der Waals surface area contributed by atoms with Crippen LogP contribution in [0.4, 0.5) is 0 Å². The highest BCUT2D eigenvalue weighted by atomic mass is 16.7. The molecule has 2 unspecified atom stereocenters. The minimum absolute atomic E-state index is 0.150. The predicted octanol–water partition coefficient (Wildman–Crippen LogP) is 4.25. The van der Waals surface area contributed by atoms with Gasteiger partial charge in [0.1, 0.15) is 17.8 Å². The molecule has 1 aromatic rings. The molecule has 6 rings (SSSR count). The smallest absolute Gasteiger partial charge is 0.309 e. The number of carbonyl (C=O) groups is 4. The lowest BCUT2D eigenvalue weighted by Gasteiger charge is -2.70. The van der Waals surface area contributed by atoms with Crippen molar-refractivity contribution in [3.63, 3.8) is 0 Å². The molecule has 2 aliphatic carbocycles. The molecular weight excluding hydrogens is 624 g/mol. The molecule has 12 atom stereocenters. The van der Waals surface area contributed by atoms with Gasteiger partial charge in [0.05, 0.1) is 37.9 Å². The van der Waals surface area contributed by atoms with Crippen molar-refractivity contribution in [3.8, 4) is 0 Å². The molecule has 1 aromatic heterocycles. The molecule has 0 amide bonds. The first kappa shape index (κ1) is 34.9. The molecule has 0 aromatic carbocycles. The first-order valence-electron chi connectivity index (χ1n) is 17.2. The standard InChI is InChI=1S/C36H50O12/c1-10-19(4)28(40)47-30-34-21(11-13-32(7)23(34)16-25(38)45-26(32)20-12-14-44-17-20)33(8)22(15-24(37)43-9)31(5,6)29(46-27(39)18(2)3)35(30,41)36(33,42)48-34/h12,14,17-19,21-23,26,29-30,41-42H,10-11,13,15-16H2,1-9H3/t19?,21-,22+,23+,26+,29+,30?,32-,33-,34-,35+,36-/m1/s1. The van der Waals surface area contributed by atoms with Crippen LogP contribution in [0.15, 0.2) is 23.0 Å². The van der Waals surface area contributed by atoms with Crippen LogP contribution in [0.5, 0.6) is 0 Å². The van der Waals surface area contributed by atoms with Gasteiger partial charge in [-0.1, -0.05) is 55.4 Å². The summed E-state index contributed by atoms with van der Waals surface area (Å²) in [4.78, 5) is 53.9. The fourth-order valence-corrected chi connectivity index (χ4v) is 10.8. The van der Waals surface area contributed by atoms with E-state index in [4.69, 9.17) is 28.1 Å². The van der Waals surface area contributed by atoms with Gasteiger partial charge in [0.2, 0.25) is 5.79 Å². The largest absolute Gasteiger partial charge is 0.472 e. The molecular formula is C36H50O12. The summed E-state index contributed by atoms with van der Waals surface area (Å²) in [6.45, 7) is 14.2. The minimum atomic E-state index is -2.51. The van der Waals surface area contributed by atoms with Gasteiger partial charge < -0.3 is 38.3 Å². The first-order valence-corrected chi connectivity index (χ1v) is 17.2. The molecule has 12 heteroatoms. The van der Waals surface area contributed by atoms with Crippen LogP contribution in [0.1, 0.15) is 99.2 Å². The van der Waals surface area contributed by atoms with Crippen molar-refractivity contribution in [3.05, 3.63) is 24.2 Å². The van der Waals surface area contributed by atoms with Crippen molar-refractivity contribution in [2.24, 2.45) is 45.8 Å². The van der Waals surface area contributed by atoms with Crippen molar-refractivity contribution in [2.75, 3.05) is 7.11 Å². The molecule has 5 fully saturated rings. The van der Waals surface area contributed by atoms with E-state index in [-0.39, 0.29) is 12.8 Å². The molecule has 266 valence electrons. The fourth-order valence-electron chi connectivity index (χ4n) is 10.8. The normalized spacial score (nSPS) is 44.3. The van der Waals surface area contributed by atoms with E-state index in [1.807, 2.05) is 13.8 Å². The van der Waals surface area contributed by atoms with E-state index in [1.54, 1.807) is 47.6 Å². The van der Waals surface area contributed by atoms with E-state index in [0.29, 0.717) is 24.8 Å². The van der Waals surface area contributed by atoms with E-state index in [1.165, 1.54) is 19.6 Å². The van der Waals surface area contributed by atoms with Crippen molar-refractivity contribution in [1.29, 1.82) is 0 Å². The van der Waals surface area contributed by atoms with Crippen LogP contribution in [-0.4, -0.2) is 70.4 Å². The predicted molar refractivity (Wildman–Crippen MR) is 166 cm³/mol. The molecule has 1 spiro atoms. The Kier molecular flexibility index (Phi) is 8.01. The molecule has 2 saturated carbocycles. The molecule has 3 aliphatic heterocycles. The van der Waals surface area contributed by atoms with Gasteiger partial charge in [-0.05, 0) is 31.2 Å². The zero-order chi connectivity index (χ0) is 35.4. The Morgan fingerprint density at radius 1 is 1.02 bits per heavy atom. The zero-order valence-corrected chi connectivity index (χ0v) is 29.4. The Balaban J connectivity index is 1.64. The van der Waals surface area contributed by atoms with Crippen LogP contribution in [0, 0.1) is 45.8 Å². The molecule has 0 radical (unpaired) electrons. The quantitative estimate of drug-likeness (QED) is 0.298. The van der Waals surface area contributed by atoms with Crippen LogP contribution in [0.25, 0.3) is 0 Å². The summed E-state index contributed by atoms with van der Waals surface area (Å²) in [5.74, 6) is -8.13. The van der Waals surface area contributed by atoms with E-state index in [9.17, 15) is 29.4 Å². The van der Waals surface area contributed by atoms with Crippen LogP contribution in [-0.2, 0) is 42.9 Å². The maximum absolute atomic E-state index is 13.8. The van der Waals surface area contributed by atoms with Crippen LogP contribution in [0.2, 0.25) is 0 Å². The lowest BCUT2D eigenvalue weighted by atomic mass is 9.35. The van der Waals surface area contributed by atoms with Crippen molar-refractivity contribution in [1.82, 2.24) is 0 Å². The lowest BCUT2D eigenvalue weighted by Crippen LogP contribution is -2.85. The number of hydrogen-bond donors (Lipinski definition) is 2. The fraction of sp³-hybridized carbons (Fsp3) is 0.778. The van der Waals surface area contributed by atoms with E-state index in [0.717, 1.165) is 0 Å². The van der Waals surface area contributed by atoms with Gasteiger partial charge in [-0.2, -0.15) is 0 Å². The Bertz CT molecular complexity index is 1490. The summed E-state index contributed by atoms with van der Waals surface area (Å²) in [5.41, 5.74) is -6.89. The number of esters is 4. The highest BCUT2D eigenvalue weighted by molar-refractivity contribution is 5.75. The molecule has 12 nitrogen and oxygen atoms in total. The van der Waals surface area contributed by atoms with E-state index >= 15 is 0 Å². The second-order valence-electron chi connectivity index (χ2n) is 16.2. The van der Waals surface area contributed by atoms with E-state index in [2.05, 4.69) is 0 Å². The topological polar surface area (TPSA) is 168 Å². The maximum Gasteiger partial charge on any atom is 0.309 e. The van der Waals surface area contributed by atoms with Gasteiger partial charge in [-0.15, -0.1) is 0 Å². The summed E-state index contributed by atoms with van der Waals surface area (Å²) in [5, 5.41) is 26.6. The van der Waals surface area contributed by atoms with Crippen LogP contribution >= 0.6 is 0 Å². The second kappa shape index (κ2) is 11.0. The zero-order valence-electron chi connectivity index (χ0n) is 29.4. The van der Waals surface area contributed by atoms with Gasteiger partial charge in [0, 0.05) is 40.1 Å². The third-order valence-electron chi connectivity index (χ3n) is 13.3. The Morgan fingerprint density at radius 3 is 2.27 bits per heavy atom. The second-order valence-corrected chi connectivity index (χ2v) is 16.2. The van der Waals surface area contributed by atoms with E-state index < -0.39 is 105 Å². The first-order chi connectivity index (χ1) is 22.3. The SMILES string of the molecule is CCC(C)C(=O)OC1[C@@]23O[C@]4(O)[C@@](C)([C@@H](CC(=O)OC)C(C)(C)[C@H](OC(=O)C(C)C)[C@]14O)[C@H]2CC[C@@]1(C)[C@H](c2ccoc2)OC(=O)C[C@@H]13. The molecule has 4 heterocycles. The van der Waals surface area contributed by atoms with Crippen LogP contribution < -0.4 is 0 Å². The van der Waals surface area contributed by atoms with Gasteiger partial charge in [-0.3, -0.25) is 19.2 Å². The molecule has 5 aliphatic rings. The Hall–Kier alpha value is -2.96. The molecule has 48 heavy (non-hydrogen) atoms. The summed E-state index contributed by atoms with van der Waals surface area (Å²) in [7, 11) is 1.28. The summed E-state index contributed by atoms with van der Waals surface area (Å²) in [6, 6.07) is 1.73. The minimum Gasteiger partial charge on any atom is -0.472 e. The highest BCUT2D eigenvalue weighted by Crippen LogP contribution is 2.82. The average molecular weight is 675 g/mol. The number of aliphatic hydroxyl groups is 2. The van der Waals surface area contributed by atoms with Gasteiger partial charge in [0.15, 0.2) is 11.7 Å². The molecule has 3 saturated heterocycles. The summed E-state index contributed by atoms with van der Waals surface area (Å²) >= 11 is 0. The van der Waals surface area contributed by atoms with Crippen molar-refractivity contribution < 1.29 is 57.5 Å². The third kappa shape index (κ3) is 4.11. The Morgan fingerprint density at radius 2 is 1.69 bits per heavy atom. The number of methoxy groups -OCH3 is 1. The van der Waals surface area contributed by atoms with Crippen LogP contribution in [0.3, 0.4) is 0 Å². The number of hydrogen-bond acceptors (Lipinski definition) is 12. The number of ether oxygens (including phenoxy) is 5. The number of rotatable bonds is 8. The number of fused-ring (bicyclic) bond motifs is 2. The lowest BCUT2D eigenvalue weighted by molar-refractivity contribution is -0.386. The third-order valence-corrected chi connectivity index (χ3v) is 13.3. The van der Waals surface area contributed by atoms with Crippen molar-refractivity contribution in [2.45, 2.75) is 123 Å². The number of furan rings is 1. The van der Waals surface area contributed by atoms with Gasteiger partial charge >= 0.3 is 23.9 Å². The highest BCUT2D eigenvalue weighted by Gasteiger charge is 2.96. The van der Waals surface area contributed by atoms with Gasteiger partial charge in [0.25, 0.3) is 0 Å². The number of cyclic esters (lactones) is 1. The Labute approximate surface area is 281 Å². The molecule has 2 bridgehead atoms. The molecule has 2 N–H and O–H groups in total. The average Bonchev–Trinajstić information content (AvgIpc) is 3.68. The summed E-state index contributed by atoms with van der Waals surface area (Å²) in [6.07, 6.45) is 0.243.